The largest absolute Gasteiger partial charge is 0.480 e. The van der Waals surface area contributed by atoms with Crippen molar-refractivity contribution in [1.82, 2.24) is 15.2 Å². The minimum atomic E-state index is -0.936. The molecule has 1 aliphatic rings. The smallest absolute Gasteiger partial charge is 0.329 e. The first kappa shape index (κ1) is 22.9. The summed E-state index contributed by atoms with van der Waals surface area (Å²) in [6.07, 6.45) is 6.40. The molecule has 7 nitrogen and oxygen atoms in total. The molecule has 172 valence electrons. The molecule has 7 heteroatoms. The SMILES string of the molecule is Cc1ccc(-c2n[nH]c(=O)c(C[C@H]3CC[C@H](COCC(=O)O)CC3)c2-c2ccccc2)cn1. The van der Waals surface area contributed by atoms with Gasteiger partial charge in [-0.05, 0) is 68.6 Å². The number of aromatic amines is 1. The number of nitrogens with one attached hydrogen (secondary N) is 1. The minimum Gasteiger partial charge on any atom is -0.480 e. The first-order valence-electron chi connectivity index (χ1n) is 11.4. The fraction of sp³-hybridized carbons (Fsp3) is 0.385. The number of hydrogen-bond donors (Lipinski definition) is 2. The average molecular weight is 448 g/mol. The third-order valence-electron chi connectivity index (χ3n) is 6.37. The third-order valence-corrected chi connectivity index (χ3v) is 6.37. The Labute approximate surface area is 192 Å². The number of aliphatic carboxylic acids is 1. The zero-order chi connectivity index (χ0) is 23.2. The topological polar surface area (TPSA) is 105 Å². The molecular formula is C26H29N3O4. The van der Waals surface area contributed by atoms with Crippen LogP contribution in [0.5, 0.6) is 0 Å². The van der Waals surface area contributed by atoms with Crippen LogP contribution in [0.2, 0.25) is 0 Å². The number of aromatic nitrogens is 3. The maximum Gasteiger partial charge on any atom is 0.329 e. The van der Waals surface area contributed by atoms with E-state index in [9.17, 15) is 9.59 Å². The van der Waals surface area contributed by atoms with Gasteiger partial charge in [0.25, 0.3) is 5.56 Å². The number of carboxylic acid groups (broad SMARTS) is 1. The normalized spacial score (nSPS) is 18.2. The molecule has 4 rings (SSSR count). The van der Waals surface area contributed by atoms with Crippen LogP contribution in [-0.2, 0) is 16.0 Å². The van der Waals surface area contributed by atoms with Crippen molar-refractivity contribution in [3.8, 4) is 22.4 Å². The third kappa shape index (κ3) is 5.73. The second-order valence-electron chi connectivity index (χ2n) is 8.81. The van der Waals surface area contributed by atoms with Crippen LogP contribution in [-0.4, -0.2) is 39.5 Å². The van der Waals surface area contributed by atoms with E-state index in [2.05, 4.69) is 15.2 Å². The lowest BCUT2D eigenvalue weighted by molar-refractivity contribution is -0.142. The zero-order valence-electron chi connectivity index (χ0n) is 18.8. The zero-order valence-corrected chi connectivity index (χ0v) is 18.8. The predicted octanol–water partition coefficient (Wildman–Crippen LogP) is 4.26. The van der Waals surface area contributed by atoms with Crippen LogP contribution < -0.4 is 5.56 Å². The van der Waals surface area contributed by atoms with Gasteiger partial charge in [-0.2, -0.15) is 5.10 Å². The summed E-state index contributed by atoms with van der Waals surface area (Å²) in [7, 11) is 0. The number of carboxylic acids is 1. The van der Waals surface area contributed by atoms with Gasteiger partial charge in [0.15, 0.2) is 0 Å². The summed E-state index contributed by atoms with van der Waals surface area (Å²) < 4.78 is 5.29. The Balaban J connectivity index is 1.59. The average Bonchev–Trinajstić information content (AvgIpc) is 2.82. The summed E-state index contributed by atoms with van der Waals surface area (Å²) >= 11 is 0. The van der Waals surface area contributed by atoms with Crippen LogP contribution in [0.4, 0.5) is 0 Å². The molecule has 0 unspecified atom stereocenters. The minimum absolute atomic E-state index is 0.149. The molecule has 0 amide bonds. The van der Waals surface area contributed by atoms with E-state index in [4.69, 9.17) is 9.84 Å². The Morgan fingerprint density at radius 3 is 2.45 bits per heavy atom. The molecular weight excluding hydrogens is 418 g/mol. The van der Waals surface area contributed by atoms with Crippen molar-refractivity contribution in [3.63, 3.8) is 0 Å². The second kappa shape index (κ2) is 10.5. The van der Waals surface area contributed by atoms with E-state index in [0.717, 1.165) is 59.3 Å². The van der Waals surface area contributed by atoms with Crippen molar-refractivity contribution in [2.24, 2.45) is 11.8 Å². The molecule has 0 aliphatic heterocycles. The van der Waals surface area contributed by atoms with E-state index in [-0.39, 0.29) is 12.2 Å². The van der Waals surface area contributed by atoms with Gasteiger partial charge in [-0.3, -0.25) is 9.78 Å². The highest BCUT2D eigenvalue weighted by molar-refractivity contribution is 5.82. The molecule has 0 saturated heterocycles. The molecule has 2 aromatic heterocycles. The number of hydrogen-bond acceptors (Lipinski definition) is 5. The summed E-state index contributed by atoms with van der Waals surface area (Å²) in [6, 6.07) is 13.9. The van der Waals surface area contributed by atoms with Gasteiger partial charge in [0.05, 0.1) is 6.61 Å². The molecule has 2 N–H and O–H groups in total. The Morgan fingerprint density at radius 1 is 1.06 bits per heavy atom. The summed E-state index contributed by atoms with van der Waals surface area (Å²) in [6.45, 7) is 2.18. The van der Waals surface area contributed by atoms with Gasteiger partial charge < -0.3 is 9.84 Å². The Kier molecular flexibility index (Phi) is 7.29. The molecule has 0 bridgehead atoms. The highest BCUT2D eigenvalue weighted by Gasteiger charge is 2.25. The number of ether oxygens (including phenoxy) is 1. The molecule has 1 aliphatic carbocycles. The van der Waals surface area contributed by atoms with Gasteiger partial charge in [-0.25, -0.2) is 9.89 Å². The van der Waals surface area contributed by atoms with Crippen molar-refractivity contribution in [3.05, 3.63) is 70.3 Å². The lowest BCUT2D eigenvalue weighted by atomic mass is 9.78. The van der Waals surface area contributed by atoms with Crippen molar-refractivity contribution >= 4 is 5.97 Å². The van der Waals surface area contributed by atoms with Gasteiger partial charge in [-0.1, -0.05) is 30.3 Å². The molecule has 1 aromatic carbocycles. The van der Waals surface area contributed by atoms with E-state index < -0.39 is 5.97 Å². The summed E-state index contributed by atoms with van der Waals surface area (Å²) in [5, 5.41) is 15.9. The summed E-state index contributed by atoms with van der Waals surface area (Å²) in [5.41, 5.74) is 4.99. The molecule has 0 atom stereocenters. The second-order valence-corrected chi connectivity index (χ2v) is 8.81. The Bertz CT molecular complexity index is 1130. The maximum absolute atomic E-state index is 13.0. The van der Waals surface area contributed by atoms with Gasteiger partial charge >= 0.3 is 5.97 Å². The molecule has 2 heterocycles. The summed E-state index contributed by atoms with van der Waals surface area (Å²) in [5.74, 6) is -0.177. The van der Waals surface area contributed by atoms with Crippen molar-refractivity contribution in [1.29, 1.82) is 0 Å². The van der Waals surface area contributed by atoms with Crippen LogP contribution in [0.3, 0.4) is 0 Å². The van der Waals surface area contributed by atoms with Gasteiger partial charge in [0, 0.05) is 28.6 Å². The van der Waals surface area contributed by atoms with Crippen LogP contribution in [0.15, 0.2) is 53.5 Å². The van der Waals surface area contributed by atoms with Crippen molar-refractivity contribution in [2.75, 3.05) is 13.2 Å². The van der Waals surface area contributed by atoms with Crippen LogP contribution in [0.25, 0.3) is 22.4 Å². The van der Waals surface area contributed by atoms with Gasteiger partial charge in [0.1, 0.15) is 12.3 Å². The highest BCUT2D eigenvalue weighted by Crippen LogP contribution is 2.36. The van der Waals surface area contributed by atoms with Crippen LogP contribution in [0.1, 0.15) is 36.9 Å². The monoisotopic (exact) mass is 447 g/mol. The number of nitrogens with zero attached hydrogens (tertiary/aromatic N) is 2. The Morgan fingerprint density at radius 2 is 1.79 bits per heavy atom. The van der Waals surface area contributed by atoms with Gasteiger partial charge in [-0.15, -0.1) is 0 Å². The number of rotatable bonds is 8. The molecule has 33 heavy (non-hydrogen) atoms. The van der Waals surface area contributed by atoms with Gasteiger partial charge in [0.2, 0.25) is 0 Å². The first-order valence-corrected chi connectivity index (χ1v) is 11.4. The fourth-order valence-electron chi connectivity index (χ4n) is 4.62. The maximum atomic E-state index is 13.0. The number of H-pyrrole nitrogens is 1. The highest BCUT2D eigenvalue weighted by atomic mass is 16.5. The van der Waals surface area contributed by atoms with E-state index in [1.165, 1.54) is 0 Å². The van der Waals surface area contributed by atoms with E-state index in [1.807, 2.05) is 49.4 Å². The number of carbonyl (C=O) groups is 1. The van der Waals surface area contributed by atoms with E-state index in [0.29, 0.717) is 24.9 Å². The quantitative estimate of drug-likeness (QED) is 0.535. The standard InChI is InChI=1S/C26H29N3O4/c1-17-7-12-21(14-27-17)25-24(20-5-3-2-4-6-20)22(26(32)29-28-25)13-18-8-10-19(11-9-18)15-33-16-23(30)31/h2-7,12,14,18-19H,8-11,13,15-16H2,1H3,(H,29,32)(H,30,31)/t18-,19-. The molecule has 0 radical (unpaired) electrons. The lowest BCUT2D eigenvalue weighted by Crippen LogP contribution is -2.25. The lowest BCUT2D eigenvalue weighted by Gasteiger charge is -2.28. The van der Waals surface area contributed by atoms with Crippen molar-refractivity contribution in [2.45, 2.75) is 39.0 Å². The van der Waals surface area contributed by atoms with E-state index in [1.54, 1.807) is 6.20 Å². The summed E-state index contributed by atoms with van der Waals surface area (Å²) in [4.78, 5) is 28.1. The number of aryl methyl sites for hydroxylation is 1. The number of benzene rings is 1. The Hall–Kier alpha value is -3.32. The van der Waals surface area contributed by atoms with E-state index >= 15 is 0 Å². The van der Waals surface area contributed by atoms with Crippen LogP contribution >= 0.6 is 0 Å². The fourth-order valence-corrected chi connectivity index (χ4v) is 4.62. The first-order chi connectivity index (χ1) is 16.0. The molecule has 1 fully saturated rings. The molecule has 1 saturated carbocycles. The molecule has 0 spiro atoms. The molecule has 3 aromatic rings. The van der Waals surface area contributed by atoms with Crippen molar-refractivity contribution < 1.29 is 14.6 Å². The predicted molar refractivity (Wildman–Crippen MR) is 126 cm³/mol. The number of pyridine rings is 1. The van der Waals surface area contributed by atoms with Crippen LogP contribution in [0, 0.1) is 18.8 Å².